The predicted molar refractivity (Wildman–Crippen MR) is 106 cm³/mol. The molecule has 146 valence electrons. The number of para-hydroxylation sites is 1. The smallest absolute Gasteiger partial charge is 0.338 e. The minimum Gasteiger partial charge on any atom is -0.457 e. The molecule has 2 bridgehead atoms. The molecule has 2 aromatic carbocycles. The van der Waals surface area contributed by atoms with Crippen molar-refractivity contribution in [3.8, 4) is 11.5 Å². The summed E-state index contributed by atoms with van der Waals surface area (Å²) in [4.78, 5) is 24.8. The summed E-state index contributed by atoms with van der Waals surface area (Å²) >= 11 is 0. The zero-order valence-electron chi connectivity index (χ0n) is 16.2. The van der Waals surface area contributed by atoms with Gasteiger partial charge in [-0.1, -0.05) is 31.5 Å². The molecule has 28 heavy (non-hydrogen) atoms. The number of carbonyl (C=O) groups excluding carboxylic acids is 2. The molecule has 2 aromatic rings. The van der Waals surface area contributed by atoms with Crippen LogP contribution in [0.5, 0.6) is 11.5 Å². The number of esters is 1. The van der Waals surface area contributed by atoms with Gasteiger partial charge in [0.25, 0.3) is 0 Å². The van der Waals surface area contributed by atoms with Gasteiger partial charge in [-0.15, -0.1) is 0 Å². The Balaban J connectivity index is 1.28. The van der Waals surface area contributed by atoms with E-state index in [0.717, 1.165) is 18.1 Å². The molecule has 4 nitrogen and oxygen atoms in total. The van der Waals surface area contributed by atoms with Crippen molar-refractivity contribution < 1.29 is 19.1 Å². The number of hydrogen-bond donors (Lipinski definition) is 0. The number of rotatable bonds is 7. The van der Waals surface area contributed by atoms with Crippen LogP contribution in [0.3, 0.4) is 0 Å². The van der Waals surface area contributed by atoms with Gasteiger partial charge in [0, 0.05) is 5.92 Å². The summed E-state index contributed by atoms with van der Waals surface area (Å²) < 4.78 is 11.0. The molecule has 2 aliphatic carbocycles. The maximum Gasteiger partial charge on any atom is 0.338 e. The van der Waals surface area contributed by atoms with Crippen molar-refractivity contribution in [1.29, 1.82) is 0 Å². The predicted octanol–water partition coefficient (Wildman–Crippen LogP) is 5.28. The molecule has 0 saturated heterocycles. The zero-order chi connectivity index (χ0) is 19.5. The molecule has 0 heterocycles. The molecule has 0 aromatic heterocycles. The third-order valence-corrected chi connectivity index (χ3v) is 6.36. The summed E-state index contributed by atoms with van der Waals surface area (Å²) in [7, 11) is 0. The number of fused-ring (bicyclic) bond motifs is 2. The highest BCUT2D eigenvalue weighted by Gasteiger charge is 2.43. The Morgan fingerprint density at radius 1 is 0.964 bits per heavy atom. The molecule has 4 atom stereocenters. The van der Waals surface area contributed by atoms with Crippen molar-refractivity contribution in [2.45, 2.75) is 32.6 Å². The van der Waals surface area contributed by atoms with Crippen LogP contribution in [-0.4, -0.2) is 18.4 Å². The van der Waals surface area contributed by atoms with Crippen LogP contribution >= 0.6 is 0 Å². The number of carbonyl (C=O) groups is 2. The van der Waals surface area contributed by atoms with Crippen molar-refractivity contribution in [2.24, 2.45) is 23.7 Å². The highest BCUT2D eigenvalue weighted by atomic mass is 16.5. The molecular weight excluding hydrogens is 352 g/mol. The fraction of sp³-hybridized carbons (Fsp3) is 0.417. The monoisotopic (exact) mass is 378 g/mol. The molecule has 0 N–H and O–H groups in total. The van der Waals surface area contributed by atoms with E-state index < -0.39 is 5.97 Å². The third kappa shape index (κ3) is 4.11. The number of Topliss-reactive ketones (excluding diaryl/α,β-unsaturated/α-hetero) is 1. The average molecular weight is 378 g/mol. The topological polar surface area (TPSA) is 52.6 Å². The Bertz CT molecular complexity index is 827. The van der Waals surface area contributed by atoms with Gasteiger partial charge < -0.3 is 9.47 Å². The zero-order valence-corrected chi connectivity index (χ0v) is 16.2. The first-order chi connectivity index (χ1) is 13.6. The van der Waals surface area contributed by atoms with E-state index in [-0.39, 0.29) is 18.3 Å². The van der Waals surface area contributed by atoms with Gasteiger partial charge in [-0.3, -0.25) is 4.79 Å². The van der Waals surface area contributed by atoms with E-state index >= 15 is 0 Å². The number of hydrogen-bond acceptors (Lipinski definition) is 4. The van der Waals surface area contributed by atoms with Crippen molar-refractivity contribution in [3.63, 3.8) is 0 Å². The van der Waals surface area contributed by atoms with E-state index in [1.165, 1.54) is 19.3 Å². The van der Waals surface area contributed by atoms with Gasteiger partial charge >= 0.3 is 5.97 Å². The SMILES string of the molecule is C[C@H](C(=O)COC(=O)c1ccc(Oc2ccccc2)cc1)[C@@H]1C[C@H]2CC[C@H]1C2. The Labute approximate surface area is 165 Å². The van der Waals surface area contributed by atoms with Crippen LogP contribution in [0.25, 0.3) is 0 Å². The molecule has 2 fully saturated rings. The summed E-state index contributed by atoms with van der Waals surface area (Å²) in [6, 6.07) is 16.2. The summed E-state index contributed by atoms with van der Waals surface area (Å²) in [6.45, 7) is 1.85. The summed E-state index contributed by atoms with van der Waals surface area (Å²) in [5, 5.41) is 0. The van der Waals surface area contributed by atoms with Crippen molar-refractivity contribution in [1.82, 2.24) is 0 Å². The lowest BCUT2D eigenvalue weighted by molar-refractivity contribution is -0.127. The van der Waals surface area contributed by atoms with E-state index in [1.807, 2.05) is 37.3 Å². The lowest BCUT2D eigenvalue weighted by atomic mass is 9.78. The molecule has 2 saturated carbocycles. The Morgan fingerprint density at radius 3 is 2.32 bits per heavy atom. The number of ether oxygens (including phenoxy) is 2. The van der Waals surface area contributed by atoms with E-state index in [1.54, 1.807) is 24.3 Å². The van der Waals surface area contributed by atoms with Gasteiger partial charge in [-0.05, 0) is 73.4 Å². The van der Waals surface area contributed by atoms with Crippen LogP contribution < -0.4 is 4.74 Å². The minimum absolute atomic E-state index is 0.0234. The third-order valence-electron chi connectivity index (χ3n) is 6.36. The standard InChI is InChI=1S/C24H26O4/c1-16(22-14-17-7-8-19(22)13-17)23(25)15-27-24(26)18-9-11-21(12-10-18)28-20-5-3-2-4-6-20/h2-6,9-12,16-17,19,22H,7-8,13-15H2,1H3/t16-,17-,19-,22-/m0/s1. The van der Waals surface area contributed by atoms with Crippen molar-refractivity contribution in [2.75, 3.05) is 6.61 Å². The Morgan fingerprint density at radius 2 is 1.68 bits per heavy atom. The van der Waals surface area contributed by atoms with Gasteiger partial charge in [-0.2, -0.15) is 0 Å². The fourth-order valence-electron chi connectivity index (χ4n) is 4.78. The van der Waals surface area contributed by atoms with Gasteiger partial charge in [0.15, 0.2) is 12.4 Å². The summed E-state index contributed by atoms with van der Waals surface area (Å²) in [6.07, 6.45) is 5.01. The van der Waals surface area contributed by atoms with Crippen LogP contribution in [0.4, 0.5) is 0 Å². The van der Waals surface area contributed by atoms with Gasteiger partial charge in [0.05, 0.1) is 5.56 Å². The van der Waals surface area contributed by atoms with E-state index in [4.69, 9.17) is 9.47 Å². The van der Waals surface area contributed by atoms with E-state index in [9.17, 15) is 9.59 Å². The maximum atomic E-state index is 12.5. The lowest BCUT2D eigenvalue weighted by Crippen LogP contribution is -2.29. The Hall–Kier alpha value is -2.62. The summed E-state index contributed by atoms with van der Waals surface area (Å²) in [5.41, 5.74) is 0.417. The Kier molecular flexibility index (Phi) is 5.47. The number of ketones is 1. The molecule has 0 spiro atoms. The second-order valence-corrected chi connectivity index (χ2v) is 8.11. The van der Waals surface area contributed by atoms with E-state index in [0.29, 0.717) is 23.1 Å². The maximum absolute atomic E-state index is 12.5. The molecular formula is C24H26O4. The molecule has 0 unspecified atom stereocenters. The van der Waals surface area contributed by atoms with Crippen LogP contribution in [0.15, 0.2) is 54.6 Å². The van der Waals surface area contributed by atoms with Crippen molar-refractivity contribution in [3.05, 3.63) is 60.2 Å². The van der Waals surface area contributed by atoms with Gasteiger partial charge in [0.1, 0.15) is 11.5 Å². The molecule has 4 heteroatoms. The van der Waals surface area contributed by atoms with Crippen LogP contribution in [0, 0.1) is 23.7 Å². The second kappa shape index (κ2) is 8.17. The molecule has 4 rings (SSSR count). The van der Waals surface area contributed by atoms with Crippen LogP contribution in [0.1, 0.15) is 43.0 Å². The normalized spacial score (nSPS) is 24.0. The quantitative estimate of drug-likeness (QED) is 0.615. The van der Waals surface area contributed by atoms with Crippen molar-refractivity contribution >= 4 is 11.8 Å². The highest BCUT2D eigenvalue weighted by molar-refractivity contribution is 5.92. The largest absolute Gasteiger partial charge is 0.457 e. The van der Waals surface area contributed by atoms with E-state index in [2.05, 4.69) is 0 Å². The van der Waals surface area contributed by atoms with Crippen LogP contribution in [0.2, 0.25) is 0 Å². The average Bonchev–Trinajstić information content (AvgIpc) is 3.36. The minimum atomic E-state index is -0.472. The molecule has 2 aliphatic rings. The number of benzene rings is 2. The molecule has 0 radical (unpaired) electrons. The first kappa shape index (κ1) is 18.7. The van der Waals surface area contributed by atoms with Gasteiger partial charge in [-0.25, -0.2) is 4.79 Å². The van der Waals surface area contributed by atoms with Crippen LogP contribution in [-0.2, 0) is 9.53 Å². The fourth-order valence-corrected chi connectivity index (χ4v) is 4.78. The molecule has 0 amide bonds. The molecule has 0 aliphatic heterocycles. The lowest BCUT2D eigenvalue weighted by Gasteiger charge is -2.26. The van der Waals surface area contributed by atoms with Gasteiger partial charge in [0.2, 0.25) is 0 Å². The second-order valence-electron chi connectivity index (χ2n) is 8.11. The first-order valence-electron chi connectivity index (χ1n) is 10.1. The summed E-state index contributed by atoms with van der Waals surface area (Å²) in [5.74, 6) is 2.89. The first-order valence-corrected chi connectivity index (χ1v) is 10.1. The highest BCUT2D eigenvalue weighted by Crippen LogP contribution is 2.51.